The first-order valence-corrected chi connectivity index (χ1v) is 14.7. The predicted molar refractivity (Wildman–Crippen MR) is 143 cm³/mol. The van der Waals surface area contributed by atoms with Crippen LogP contribution in [-0.2, 0) is 20.6 Å². The lowest BCUT2D eigenvalue weighted by Crippen LogP contribution is -2.45. The minimum Gasteiger partial charge on any atom is -0.490 e. The third kappa shape index (κ3) is 5.94. The Balaban J connectivity index is 1.16. The Morgan fingerprint density at radius 1 is 1.00 bits per heavy atom. The van der Waals surface area contributed by atoms with Crippen molar-refractivity contribution in [2.45, 2.75) is 50.8 Å². The van der Waals surface area contributed by atoms with E-state index in [0.717, 1.165) is 44.3 Å². The molecule has 0 aliphatic carbocycles. The number of fused-ring (bicyclic) bond motifs is 1. The normalized spacial score (nSPS) is 21.5. The third-order valence-electron chi connectivity index (χ3n) is 7.80. The van der Waals surface area contributed by atoms with E-state index in [2.05, 4.69) is 10.2 Å². The van der Waals surface area contributed by atoms with Crippen LogP contribution in [-0.4, -0.2) is 68.5 Å². The summed E-state index contributed by atoms with van der Waals surface area (Å²) in [5, 5.41) is 2.98. The average molecular weight is 528 g/mol. The fourth-order valence-electron chi connectivity index (χ4n) is 6.08. The zero-order valence-corrected chi connectivity index (χ0v) is 22.6. The van der Waals surface area contributed by atoms with Gasteiger partial charge in [0.25, 0.3) is 0 Å². The molecule has 3 heterocycles. The number of sulfonamides is 1. The van der Waals surface area contributed by atoms with E-state index in [4.69, 9.17) is 9.47 Å². The highest BCUT2D eigenvalue weighted by molar-refractivity contribution is 7.88. The first-order chi connectivity index (χ1) is 17.6. The van der Waals surface area contributed by atoms with Crippen LogP contribution >= 0.6 is 0 Å². The highest BCUT2D eigenvalue weighted by Gasteiger charge is 2.53. The van der Waals surface area contributed by atoms with Crippen LogP contribution in [0.1, 0.15) is 45.1 Å². The summed E-state index contributed by atoms with van der Waals surface area (Å²) in [6.45, 7) is 7.72. The number of benzene rings is 2. The fourth-order valence-corrected chi connectivity index (χ4v) is 8.14. The van der Waals surface area contributed by atoms with Gasteiger partial charge in [-0.1, -0.05) is 30.3 Å². The third-order valence-corrected chi connectivity index (χ3v) is 9.80. The van der Waals surface area contributed by atoms with Crippen LogP contribution in [0.25, 0.3) is 0 Å². The molecule has 1 amide bonds. The van der Waals surface area contributed by atoms with E-state index in [1.54, 1.807) is 4.31 Å². The maximum Gasteiger partial charge on any atom is 0.238 e. The Morgan fingerprint density at radius 3 is 2.43 bits per heavy atom. The highest BCUT2D eigenvalue weighted by Crippen LogP contribution is 2.49. The number of anilines is 1. The summed E-state index contributed by atoms with van der Waals surface area (Å²) in [6.07, 6.45) is 3.43. The summed E-state index contributed by atoms with van der Waals surface area (Å²) in [4.78, 5) is 14.9. The molecular formula is C28H37N3O5S. The number of nitrogens with zero attached hydrogens (tertiary/aromatic N) is 2. The number of carbonyl (C=O) groups excluding carboxylic acids is 1. The number of carbonyl (C=O) groups is 1. The SMILES string of the molecule is CC1(C)CC2(CCN(CC(=O)Nc3ccc4c(c3)OCCCO4)CC2)CN1S(=O)(=O)Cc1ccccc1. The Morgan fingerprint density at radius 2 is 1.70 bits per heavy atom. The van der Waals surface area contributed by atoms with Crippen LogP contribution in [0.15, 0.2) is 48.5 Å². The summed E-state index contributed by atoms with van der Waals surface area (Å²) in [7, 11) is -3.44. The molecule has 5 rings (SSSR count). The van der Waals surface area contributed by atoms with Gasteiger partial charge in [0.2, 0.25) is 15.9 Å². The molecule has 2 aromatic carbocycles. The lowest BCUT2D eigenvalue weighted by Gasteiger charge is -2.39. The molecule has 0 radical (unpaired) electrons. The van der Waals surface area contributed by atoms with E-state index in [1.807, 2.05) is 62.4 Å². The van der Waals surface area contributed by atoms with Crippen molar-refractivity contribution in [2.75, 3.05) is 44.7 Å². The van der Waals surface area contributed by atoms with Crippen LogP contribution < -0.4 is 14.8 Å². The maximum absolute atomic E-state index is 13.4. The van der Waals surface area contributed by atoms with Crippen LogP contribution in [0.2, 0.25) is 0 Å². The summed E-state index contributed by atoms with van der Waals surface area (Å²) in [5.74, 6) is 1.32. The Bertz CT molecular complexity index is 1220. The molecule has 9 heteroatoms. The standard InChI is InChI=1S/C28H37N3O5S/c1-27(2)20-28(21-31(27)37(33,34)19-22-7-4-3-5-8-22)11-13-30(14-12-28)18-26(32)29-23-9-10-24-25(17-23)36-16-6-15-35-24/h3-5,7-10,17H,6,11-16,18-21H2,1-2H3,(H,29,32). The van der Waals surface area contributed by atoms with Crippen LogP contribution in [0.5, 0.6) is 11.5 Å². The summed E-state index contributed by atoms with van der Waals surface area (Å²) in [5.41, 5.74) is 1.03. The monoisotopic (exact) mass is 527 g/mol. The van der Waals surface area contributed by atoms with Crippen LogP contribution in [0.3, 0.4) is 0 Å². The molecule has 0 bridgehead atoms. The number of likely N-dealkylation sites (tertiary alicyclic amines) is 1. The lowest BCUT2D eigenvalue weighted by molar-refractivity contribution is -0.117. The average Bonchev–Trinajstić information content (AvgIpc) is 2.97. The van der Waals surface area contributed by atoms with E-state index in [1.165, 1.54) is 0 Å². The summed E-state index contributed by atoms with van der Waals surface area (Å²) < 4.78 is 39.9. The van der Waals surface area contributed by atoms with E-state index >= 15 is 0 Å². The summed E-state index contributed by atoms with van der Waals surface area (Å²) in [6, 6.07) is 14.9. The van der Waals surface area contributed by atoms with Gasteiger partial charge in [-0.3, -0.25) is 9.69 Å². The minimum absolute atomic E-state index is 0.0273. The quantitative estimate of drug-likeness (QED) is 0.614. The van der Waals surface area contributed by atoms with Gasteiger partial charge in [-0.2, -0.15) is 4.31 Å². The van der Waals surface area contributed by atoms with Gasteiger partial charge in [0, 0.05) is 30.3 Å². The van der Waals surface area contributed by atoms with Crippen molar-refractivity contribution in [3.05, 3.63) is 54.1 Å². The van der Waals surface area contributed by atoms with Gasteiger partial charge >= 0.3 is 0 Å². The van der Waals surface area contributed by atoms with Gasteiger partial charge in [-0.05, 0) is 69.3 Å². The van der Waals surface area contributed by atoms with E-state index in [-0.39, 0.29) is 17.1 Å². The number of hydrogen-bond acceptors (Lipinski definition) is 6. The molecule has 2 fully saturated rings. The van der Waals surface area contributed by atoms with Crippen molar-refractivity contribution < 1.29 is 22.7 Å². The molecule has 1 N–H and O–H groups in total. The van der Waals surface area contributed by atoms with Crippen LogP contribution in [0.4, 0.5) is 5.69 Å². The lowest BCUT2D eigenvalue weighted by atomic mass is 9.74. The van der Waals surface area contributed by atoms with Crippen molar-refractivity contribution in [1.82, 2.24) is 9.21 Å². The molecule has 3 aliphatic heterocycles. The smallest absolute Gasteiger partial charge is 0.238 e. The maximum atomic E-state index is 13.4. The molecular weight excluding hydrogens is 490 g/mol. The van der Waals surface area contributed by atoms with Gasteiger partial charge in [-0.25, -0.2) is 8.42 Å². The van der Waals surface area contributed by atoms with Crippen molar-refractivity contribution in [3.63, 3.8) is 0 Å². The van der Waals surface area contributed by atoms with Crippen molar-refractivity contribution in [3.8, 4) is 11.5 Å². The zero-order chi connectivity index (χ0) is 26.1. The molecule has 2 aromatic rings. The second-order valence-corrected chi connectivity index (χ2v) is 13.2. The minimum atomic E-state index is -3.44. The first-order valence-electron chi connectivity index (χ1n) is 13.1. The highest BCUT2D eigenvalue weighted by atomic mass is 32.2. The summed E-state index contributed by atoms with van der Waals surface area (Å²) >= 11 is 0. The number of hydrogen-bond donors (Lipinski definition) is 1. The van der Waals surface area contributed by atoms with E-state index < -0.39 is 15.6 Å². The fraction of sp³-hybridized carbons (Fsp3) is 0.536. The molecule has 0 atom stereocenters. The van der Waals surface area contributed by atoms with Crippen LogP contribution in [0, 0.1) is 5.41 Å². The van der Waals surface area contributed by atoms with E-state index in [0.29, 0.717) is 43.5 Å². The van der Waals surface area contributed by atoms with Gasteiger partial charge < -0.3 is 14.8 Å². The Labute approximate surface area is 220 Å². The Hall–Kier alpha value is -2.62. The molecule has 200 valence electrons. The van der Waals surface area contributed by atoms with Crippen molar-refractivity contribution in [2.24, 2.45) is 5.41 Å². The molecule has 8 nitrogen and oxygen atoms in total. The molecule has 0 aromatic heterocycles. The molecule has 0 saturated carbocycles. The topological polar surface area (TPSA) is 88.2 Å². The van der Waals surface area contributed by atoms with Crippen molar-refractivity contribution >= 4 is 21.6 Å². The first kappa shape index (κ1) is 26.0. The van der Waals surface area contributed by atoms with Gasteiger partial charge in [-0.15, -0.1) is 0 Å². The molecule has 37 heavy (non-hydrogen) atoms. The van der Waals surface area contributed by atoms with Gasteiger partial charge in [0.1, 0.15) is 0 Å². The van der Waals surface area contributed by atoms with E-state index in [9.17, 15) is 13.2 Å². The number of rotatable bonds is 6. The zero-order valence-electron chi connectivity index (χ0n) is 21.7. The number of amides is 1. The molecule has 2 saturated heterocycles. The second kappa shape index (κ2) is 10.3. The molecule has 1 spiro atoms. The number of piperidine rings is 1. The molecule has 3 aliphatic rings. The molecule has 0 unspecified atom stereocenters. The van der Waals surface area contributed by atoms with Gasteiger partial charge in [0.15, 0.2) is 11.5 Å². The van der Waals surface area contributed by atoms with Crippen molar-refractivity contribution in [1.29, 1.82) is 0 Å². The predicted octanol–water partition coefficient (Wildman–Crippen LogP) is 3.88. The van der Waals surface area contributed by atoms with Gasteiger partial charge in [0.05, 0.1) is 25.5 Å². The number of nitrogens with one attached hydrogen (secondary N) is 1. The second-order valence-electron chi connectivity index (χ2n) is 11.3. The Kier molecular flexibility index (Phi) is 7.22. The largest absolute Gasteiger partial charge is 0.490 e. The number of ether oxygens (including phenoxy) is 2.